The lowest BCUT2D eigenvalue weighted by molar-refractivity contribution is -0.118. The molecule has 0 aliphatic heterocycles. The normalized spacial score (nSPS) is 10.9. The number of hydrogen-bond donors (Lipinski definition) is 2. The monoisotopic (exact) mass is 340 g/mol. The SMILES string of the molecule is Cc1ccc(OCC(=O)Nc2ccccc2C(=O)NC(C)(C)C)cc1. The van der Waals surface area contributed by atoms with Crippen molar-refractivity contribution >= 4 is 17.5 Å². The first-order chi connectivity index (χ1) is 11.7. The molecule has 0 aromatic heterocycles. The standard InChI is InChI=1S/C20H24N2O3/c1-14-9-11-15(12-10-14)25-13-18(23)21-17-8-6-5-7-16(17)19(24)22-20(2,3)4/h5-12H,13H2,1-4H3,(H,21,23)(H,22,24). The van der Waals surface area contributed by atoms with Crippen molar-refractivity contribution in [1.29, 1.82) is 0 Å². The fraction of sp³-hybridized carbons (Fsp3) is 0.300. The van der Waals surface area contributed by atoms with Crippen LogP contribution in [0.4, 0.5) is 5.69 Å². The maximum atomic E-state index is 12.4. The molecule has 2 rings (SSSR count). The zero-order valence-corrected chi connectivity index (χ0v) is 15.1. The Kier molecular flexibility index (Phi) is 5.80. The van der Waals surface area contributed by atoms with Crippen LogP contribution in [0.25, 0.3) is 0 Å². The number of ether oxygens (including phenoxy) is 1. The third-order valence-corrected chi connectivity index (χ3v) is 3.33. The van der Waals surface area contributed by atoms with E-state index in [9.17, 15) is 9.59 Å². The number of benzene rings is 2. The van der Waals surface area contributed by atoms with E-state index in [0.717, 1.165) is 5.56 Å². The Hall–Kier alpha value is -2.82. The van der Waals surface area contributed by atoms with E-state index in [2.05, 4.69) is 10.6 Å². The molecular weight excluding hydrogens is 316 g/mol. The lowest BCUT2D eigenvalue weighted by Crippen LogP contribution is -2.41. The molecule has 0 bridgehead atoms. The number of carbonyl (C=O) groups excluding carboxylic acids is 2. The van der Waals surface area contributed by atoms with E-state index in [0.29, 0.717) is 17.0 Å². The third kappa shape index (κ3) is 5.95. The minimum Gasteiger partial charge on any atom is -0.484 e. The zero-order chi connectivity index (χ0) is 18.4. The minimum atomic E-state index is -0.358. The number of hydrogen-bond acceptors (Lipinski definition) is 3. The molecule has 2 N–H and O–H groups in total. The van der Waals surface area contributed by atoms with Crippen LogP contribution in [0, 0.1) is 6.92 Å². The van der Waals surface area contributed by atoms with Gasteiger partial charge in [-0.15, -0.1) is 0 Å². The second-order valence-corrected chi connectivity index (χ2v) is 6.90. The molecule has 0 atom stereocenters. The van der Waals surface area contributed by atoms with Crippen molar-refractivity contribution in [3.05, 3.63) is 59.7 Å². The molecule has 5 heteroatoms. The predicted molar refractivity (Wildman–Crippen MR) is 99.0 cm³/mol. The maximum absolute atomic E-state index is 12.4. The summed E-state index contributed by atoms with van der Waals surface area (Å²) in [4.78, 5) is 24.5. The van der Waals surface area contributed by atoms with Gasteiger partial charge in [-0.25, -0.2) is 0 Å². The summed E-state index contributed by atoms with van der Waals surface area (Å²) in [6, 6.07) is 14.4. The van der Waals surface area contributed by atoms with Crippen LogP contribution < -0.4 is 15.4 Å². The molecule has 0 heterocycles. The molecule has 5 nitrogen and oxygen atoms in total. The van der Waals surface area contributed by atoms with Gasteiger partial charge in [0.1, 0.15) is 5.75 Å². The smallest absolute Gasteiger partial charge is 0.262 e. The van der Waals surface area contributed by atoms with Gasteiger partial charge >= 0.3 is 0 Å². The van der Waals surface area contributed by atoms with Crippen LogP contribution in [0.2, 0.25) is 0 Å². The first-order valence-electron chi connectivity index (χ1n) is 8.15. The number of para-hydroxylation sites is 1. The summed E-state index contributed by atoms with van der Waals surface area (Å²) in [7, 11) is 0. The van der Waals surface area contributed by atoms with Crippen LogP contribution in [0.15, 0.2) is 48.5 Å². The molecule has 0 fully saturated rings. The molecule has 2 aromatic rings. The fourth-order valence-electron chi connectivity index (χ4n) is 2.17. The summed E-state index contributed by atoms with van der Waals surface area (Å²) in [6.07, 6.45) is 0. The van der Waals surface area contributed by atoms with Crippen LogP contribution in [-0.4, -0.2) is 24.0 Å². The molecule has 2 amide bonds. The topological polar surface area (TPSA) is 67.4 Å². The molecule has 0 saturated carbocycles. The van der Waals surface area contributed by atoms with Gasteiger partial charge in [0.15, 0.2) is 6.61 Å². The molecule has 0 radical (unpaired) electrons. The fourth-order valence-corrected chi connectivity index (χ4v) is 2.17. The summed E-state index contributed by atoms with van der Waals surface area (Å²) in [6.45, 7) is 7.57. The van der Waals surface area contributed by atoms with Gasteiger partial charge in [-0.05, 0) is 52.0 Å². The Morgan fingerprint density at radius 1 is 1.00 bits per heavy atom. The first-order valence-corrected chi connectivity index (χ1v) is 8.15. The zero-order valence-electron chi connectivity index (χ0n) is 15.1. The Labute approximate surface area is 148 Å². The van der Waals surface area contributed by atoms with E-state index < -0.39 is 0 Å². The van der Waals surface area contributed by atoms with Gasteiger partial charge in [0.25, 0.3) is 11.8 Å². The van der Waals surface area contributed by atoms with Gasteiger partial charge < -0.3 is 15.4 Å². The van der Waals surface area contributed by atoms with Crippen LogP contribution in [-0.2, 0) is 4.79 Å². The Bertz CT molecular complexity index is 746. The van der Waals surface area contributed by atoms with E-state index in [1.54, 1.807) is 24.3 Å². The summed E-state index contributed by atoms with van der Waals surface area (Å²) in [5.74, 6) is 0.0685. The summed E-state index contributed by atoms with van der Waals surface area (Å²) < 4.78 is 5.46. The Balaban J connectivity index is 2.00. The van der Waals surface area contributed by atoms with Gasteiger partial charge in [0.2, 0.25) is 0 Å². The quantitative estimate of drug-likeness (QED) is 0.875. The number of aryl methyl sites for hydroxylation is 1. The second kappa shape index (κ2) is 7.83. The van der Waals surface area contributed by atoms with Gasteiger partial charge in [-0.2, -0.15) is 0 Å². The van der Waals surface area contributed by atoms with Crippen molar-refractivity contribution in [3.8, 4) is 5.75 Å². The van der Waals surface area contributed by atoms with Crippen LogP contribution in [0.3, 0.4) is 0 Å². The molecule has 0 unspecified atom stereocenters. The first kappa shape index (κ1) is 18.5. The van der Waals surface area contributed by atoms with Crippen LogP contribution in [0.5, 0.6) is 5.75 Å². The van der Waals surface area contributed by atoms with Gasteiger partial charge in [0, 0.05) is 5.54 Å². The van der Waals surface area contributed by atoms with Crippen molar-refractivity contribution in [1.82, 2.24) is 5.32 Å². The summed E-state index contributed by atoms with van der Waals surface area (Å²) in [5.41, 5.74) is 1.64. The maximum Gasteiger partial charge on any atom is 0.262 e. The molecule has 2 aromatic carbocycles. The number of carbonyl (C=O) groups is 2. The Morgan fingerprint density at radius 3 is 2.28 bits per heavy atom. The second-order valence-electron chi connectivity index (χ2n) is 6.90. The molecule has 0 spiro atoms. The van der Waals surface area contributed by atoms with Crippen LogP contribution in [0.1, 0.15) is 36.7 Å². The Morgan fingerprint density at radius 2 is 1.64 bits per heavy atom. The highest BCUT2D eigenvalue weighted by atomic mass is 16.5. The largest absolute Gasteiger partial charge is 0.484 e. The number of nitrogens with one attached hydrogen (secondary N) is 2. The molecule has 25 heavy (non-hydrogen) atoms. The summed E-state index contributed by atoms with van der Waals surface area (Å²) in [5, 5.41) is 5.62. The lowest BCUT2D eigenvalue weighted by Gasteiger charge is -2.21. The third-order valence-electron chi connectivity index (χ3n) is 3.33. The molecule has 0 aliphatic rings. The van der Waals surface area contributed by atoms with E-state index in [1.807, 2.05) is 52.0 Å². The van der Waals surface area contributed by atoms with Crippen molar-refractivity contribution in [2.75, 3.05) is 11.9 Å². The predicted octanol–water partition coefficient (Wildman–Crippen LogP) is 3.54. The molecule has 0 saturated heterocycles. The molecule has 132 valence electrons. The number of rotatable bonds is 5. The highest BCUT2D eigenvalue weighted by Gasteiger charge is 2.18. The van der Waals surface area contributed by atoms with Crippen molar-refractivity contribution in [2.45, 2.75) is 33.2 Å². The summed E-state index contributed by atoms with van der Waals surface area (Å²) >= 11 is 0. The number of anilines is 1. The molecule has 0 aliphatic carbocycles. The van der Waals surface area contributed by atoms with Crippen molar-refractivity contribution in [3.63, 3.8) is 0 Å². The van der Waals surface area contributed by atoms with E-state index in [-0.39, 0.29) is 24.0 Å². The van der Waals surface area contributed by atoms with E-state index in [4.69, 9.17) is 4.74 Å². The number of amides is 2. The average Bonchev–Trinajstić information content (AvgIpc) is 2.53. The van der Waals surface area contributed by atoms with Gasteiger partial charge in [0.05, 0.1) is 11.3 Å². The molecular formula is C20H24N2O3. The average molecular weight is 340 g/mol. The van der Waals surface area contributed by atoms with E-state index >= 15 is 0 Å². The highest BCUT2D eigenvalue weighted by Crippen LogP contribution is 2.17. The van der Waals surface area contributed by atoms with Gasteiger partial charge in [-0.3, -0.25) is 9.59 Å². The highest BCUT2D eigenvalue weighted by molar-refractivity contribution is 6.04. The van der Waals surface area contributed by atoms with Gasteiger partial charge in [-0.1, -0.05) is 29.8 Å². The lowest BCUT2D eigenvalue weighted by atomic mass is 10.1. The van der Waals surface area contributed by atoms with Crippen LogP contribution >= 0.6 is 0 Å². The van der Waals surface area contributed by atoms with Crippen molar-refractivity contribution < 1.29 is 14.3 Å². The van der Waals surface area contributed by atoms with Crippen molar-refractivity contribution in [2.24, 2.45) is 0 Å². The van der Waals surface area contributed by atoms with E-state index in [1.165, 1.54) is 0 Å². The minimum absolute atomic E-state index is 0.127.